The Morgan fingerprint density at radius 1 is 0.909 bits per heavy atom. The molecule has 1 N–H and O–H groups in total. The minimum atomic E-state index is -1.22. The van der Waals surface area contributed by atoms with E-state index in [1.54, 1.807) is 42.9 Å². The normalized spacial score (nSPS) is 11.9. The Morgan fingerprint density at radius 2 is 1.68 bits per heavy atom. The maximum absolute atomic E-state index is 12.9. The standard InChI is InChI=1S/C35H41N3O5S/c1-4-19-38-26-36-24-31(38)25-44(40)33-15-11-30(12-16-33)37-35(39)18-10-29-23-28(9-17-34(29)42-6-3)27-7-13-32(14-8-27)43-22-21-41-20-5-2/h7-18,23-24,26H,4-6,19-22,25H2,1-3H3,(H,37,39)/b18-10+/t44-/m0/s1. The highest BCUT2D eigenvalue weighted by atomic mass is 32.2. The van der Waals surface area contributed by atoms with Crippen LogP contribution in [-0.4, -0.2) is 46.1 Å². The Morgan fingerprint density at radius 3 is 2.41 bits per heavy atom. The summed E-state index contributed by atoms with van der Waals surface area (Å²) >= 11 is 0. The minimum Gasteiger partial charge on any atom is -0.493 e. The van der Waals surface area contributed by atoms with E-state index in [9.17, 15) is 9.00 Å². The zero-order valence-corrected chi connectivity index (χ0v) is 26.5. The van der Waals surface area contributed by atoms with Crippen molar-refractivity contribution in [3.63, 3.8) is 0 Å². The Bertz CT molecular complexity index is 1530. The fourth-order valence-electron chi connectivity index (χ4n) is 4.52. The number of nitrogens with one attached hydrogen (secondary N) is 1. The largest absolute Gasteiger partial charge is 0.493 e. The molecule has 1 aromatic heterocycles. The summed E-state index contributed by atoms with van der Waals surface area (Å²) in [6.45, 7) is 9.28. The van der Waals surface area contributed by atoms with Crippen molar-refractivity contribution in [1.82, 2.24) is 9.55 Å². The molecule has 44 heavy (non-hydrogen) atoms. The van der Waals surface area contributed by atoms with E-state index < -0.39 is 10.8 Å². The molecule has 4 aromatic rings. The van der Waals surface area contributed by atoms with Crippen molar-refractivity contribution in [1.29, 1.82) is 0 Å². The predicted molar refractivity (Wildman–Crippen MR) is 176 cm³/mol. The van der Waals surface area contributed by atoms with Crippen molar-refractivity contribution in [3.8, 4) is 22.6 Å². The summed E-state index contributed by atoms with van der Waals surface area (Å²) in [6.07, 6.45) is 8.75. The maximum atomic E-state index is 12.9. The van der Waals surface area contributed by atoms with E-state index in [0.29, 0.717) is 41.9 Å². The molecule has 232 valence electrons. The van der Waals surface area contributed by atoms with Crippen molar-refractivity contribution in [2.45, 2.75) is 50.8 Å². The fourth-order valence-corrected chi connectivity index (χ4v) is 5.64. The molecule has 0 unspecified atom stereocenters. The van der Waals surface area contributed by atoms with Gasteiger partial charge in [-0.05, 0) is 85.5 Å². The van der Waals surface area contributed by atoms with Gasteiger partial charge >= 0.3 is 0 Å². The second-order valence-electron chi connectivity index (χ2n) is 10.1. The van der Waals surface area contributed by atoms with Crippen LogP contribution in [0.1, 0.15) is 44.9 Å². The van der Waals surface area contributed by atoms with Gasteiger partial charge in [0.1, 0.15) is 18.1 Å². The molecule has 0 radical (unpaired) electrons. The molecule has 0 saturated carbocycles. The molecule has 1 atom stereocenters. The SMILES string of the molecule is CCCOCCOc1ccc(-c2ccc(OCC)c(/C=C/C(=O)Nc3ccc([S@@](=O)Cc4cncn4CCC)cc3)c2)cc1. The number of amides is 1. The number of aryl methyl sites for hydroxylation is 1. The Kier molecular flexibility index (Phi) is 12.8. The first-order valence-corrected chi connectivity index (χ1v) is 16.4. The third-order valence-corrected chi connectivity index (χ3v) is 8.04. The van der Waals surface area contributed by atoms with Crippen LogP contribution in [0, 0.1) is 0 Å². The summed E-state index contributed by atoms with van der Waals surface area (Å²) in [5, 5.41) is 2.88. The summed E-state index contributed by atoms with van der Waals surface area (Å²) in [5.41, 5.74) is 4.37. The van der Waals surface area contributed by atoms with Crippen LogP contribution in [0.5, 0.6) is 11.5 Å². The minimum absolute atomic E-state index is 0.278. The van der Waals surface area contributed by atoms with Gasteiger partial charge in [0.25, 0.3) is 0 Å². The van der Waals surface area contributed by atoms with E-state index >= 15 is 0 Å². The van der Waals surface area contributed by atoms with Crippen LogP contribution in [0.25, 0.3) is 17.2 Å². The van der Waals surface area contributed by atoms with Gasteiger partial charge in [-0.25, -0.2) is 4.98 Å². The highest BCUT2D eigenvalue weighted by Crippen LogP contribution is 2.29. The molecule has 0 fully saturated rings. The maximum Gasteiger partial charge on any atom is 0.248 e. The topological polar surface area (TPSA) is 91.7 Å². The molecule has 1 heterocycles. The number of hydrogen-bond acceptors (Lipinski definition) is 6. The van der Waals surface area contributed by atoms with E-state index in [0.717, 1.165) is 54.1 Å². The van der Waals surface area contributed by atoms with E-state index in [4.69, 9.17) is 14.2 Å². The van der Waals surface area contributed by atoms with Crippen LogP contribution < -0.4 is 14.8 Å². The van der Waals surface area contributed by atoms with Gasteiger partial charge in [-0.15, -0.1) is 0 Å². The van der Waals surface area contributed by atoms with Crippen molar-refractivity contribution in [2.75, 3.05) is 31.7 Å². The third kappa shape index (κ3) is 9.65. The molecule has 0 aliphatic carbocycles. The lowest BCUT2D eigenvalue weighted by Crippen LogP contribution is -2.08. The number of anilines is 1. The van der Waals surface area contributed by atoms with Crippen molar-refractivity contribution in [3.05, 3.63) is 96.6 Å². The zero-order valence-electron chi connectivity index (χ0n) is 25.7. The van der Waals surface area contributed by atoms with E-state index in [2.05, 4.69) is 24.1 Å². The lowest BCUT2D eigenvalue weighted by Gasteiger charge is -2.11. The summed E-state index contributed by atoms with van der Waals surface area (Å²) in [6, 6.07) is 20.9. The molecule has 0 aliphatic rings. The Balaban J connectivity index is 1.37. The van der Waals surface area contributed by atoms with Crippen molar-refractivity contribution >= 4 is 28.5 Å². The summed E-state index contributed by atoms with van der Waals surface area (Å²) < 4.78 is 32.0. The number of hydrogen-bond donors (Lipinski definition) is 1. The van der Waals surface area contributed by atoms with E-state index in [1.165, 1.54) is 6.08 Å². The van der Waals surface area contributed by atoms with Gasteiger partial charge in [0.05, 0.1) is 41.8 Å². The van der Waals surface area contributed by atoms with Crippen LogP contribution >= 0.6 is 0 Å². The summed E-state index contributed by atoms with van der Waals surface area (Å²) in [4.78, 5) is 17.7. The molecule has 0 saturated heterocycles. The molecule has 3 aromatic carbocycles. The first kappa shape index (κ1) is 32.7. The number of nitrogens with zero attached hydrogens (tertiary/aromatic N) is 2. The number of rotatable bonds is 17. The molecule has 4 rings (SSSR count). The second kappa shape index (κ2) is 17.2. The molecule has 0 spiro atoms. The van der Waals surface area contributed by atoms with E-state index in [1.807, 2.05) is 54.0 Å². The van der Waals surface area contributed by atoms with E-state index in [-0.39, 0.29) is 5.91 Å². The number of ether oxygens (including phenoxy) is 3. The monoisotopic (exact) mass is 615 g/mol. The fraction of sp³-hybridized carbons (Fsp3) is 0.314. The smallest absolute Gasteiger partial charge is 0.248 e. The Labute approximate surface area is 262 Å². The van der Waals surface area contributed by atoms with Gasteiger partial charge in [-0.1, -0.05) is 32.0 Å². The predicted octanol–water partition coefficient (Wildman–Crippen LogP) is 7.12. The van der Waals surface area contributed by atoms with Gasteiger partial charge < -0.3 is 24.1 Å². The Hall–Kier alpha value is -4.21. The summed E-state index contributed by atoms with van der Waals surface area (Å²) in [5.74, 6) is 1.59. The highest BCUT2D eigenvalue weighted by molar-refractivity contribution is 7.84. The number of benzene rings is 3. The molecular formula is C35H41N3O5S. The first-order valence-electron chi connectivity index (χ1n) is 15.0. The lowest BCUT2D eigenvalue weighted by atomic mass is 10.0. The van der Waals surface area contributed by atoms with Gasteiger partial charge in [0, 0.05) is 41.6 Å². The van der Waals surface area contributed by atoms with Crippen LogP contribution in [0.4, 0.5) is 5.69 Å². The van der Waals surface area contributed by atoms with Crippen molar-refractivity contribution < 1.29 is 23.2 Å². The molecule has 8 nitrogen and oxygen atoms in total. The number of carbonyl (C=O) groups is 1. The quantitative estimate of drug-likeness (QED) is 0.100. The highest BCUT2D eigenvalue weighted by Gasteiger charge is 2.10. The average Bonchev–Trinajstić information content (AvgIpc) is 3.47. The van der Waals surface area contributed by atoms with Gasteiger partial charge in [-0.3, -0.25) is 9.00 Å². The molecule has 0 bridgehead atoms. The van der Waals surface area contributed by atoms with Crippen LogP contribution in [0.3, 0.4) is 0 Å². The number of carbonyl (C=O) groups excluding carboxylic acids is 1. The average molecular weight is 616 g/mol. The van der Waals surface area contributed by atoms with Crippen LogP contribution in [-0.2, 0) is 32.6 Å². The number of imidazole rings is 1. The summed E-state index contributed by atoms with van der Waals surface area (Å²) in [7, 11) is -1.22. The van der Waals surface area contributed by atoms with Gasteiger partial charge in [0.15, 0.2) is 0 Å². The van der Waals surface area contributed by atoms with Crippen molar-refractivity contribution in [2.24, 2.45) is 0 Å². The molecular weight excluding hydrogens is 574 g/mol. The molecule has 1 amide bonds. The third-order valence-electron chi connectivity index (χ3n) is 6.68. The van der Waals surface area contributed by atoms with Gasteiger partial charge in [-0.2, -0.15) is 0 Å². The molecule has 0 aliphatic heterocycles. The van der Waals surface area contributed by atoms with Gasteiger partial charge in [0.2, 0.25) is 5.91 Å². The number of aromatic nitrogens is 2. The van der Waals surface area contributed by atoms with Crippen LogP contribution in [0.2, 0.25) is 0 Å². The first-order chi connectivity index (χ1) is 21.5. The lowest BCUT2D eigenvalue weighted by molar-refractivity contribution is -0.111. The van der Waals surface area contributed by atoms with Crippen LogP contribution in [0.15, 0.2) is 90.2 Å². The molecule has 9 heteroatoms. The second-order valence-corrected chi connectivity index (χ2v) is 11.5. The zero-order chi connectivity index (χ0) is 31.1.